The lowest BCUT2D eigenvalue weighted by atomic mass is 10.2. The van der Waals surface area contributed by atoms with E-state index in [9.17, 15) is 8.42 Å². The molecule has 0 spiro atoms. The lowest BCUT2D eigenvalue weighted by Crippen LogP contribution is -2.51. The first kappa shape index (κ1) is 13.0. The quantitative estimate of drug-likeness (QED) is 0.872. The summed E-state index contributed by atoms with van der Waals surface area (Å²) in [4.78, 5) is 0. The molecule has 1 aliphatic rings. The van der Waals surface area contributed by atoms with Gasteiger partial charge in [-0.2, -0.15) is 4.31 Å². The van der Waals surface area contributed by atoms with Crippen LogP contribution in [0.15, 0.2) is 21.7 Å². The molecule has 0 saturated carbocycles. The number of morpholine rings is 1. The molecule has 0 bridgehead atoms. The van der Waals surface area contributed by atoms with Gasteiger partial charge in [-0.25, -0.2) is 8.42 Å². The lowest BCUT2D eigenvalue weighted by Gasteiger charge is -2.33. The summed E-state index contributed by atoms with van der Waals surface area (Å²) in [6.45, 7) is 2.95. The van der Waals surface area contributed by atoms with Gasteiger partial charge in [0.05, 0.1) is 12.7 Å². The number of ether oxygens (including phenoxy) is 1. The fourth-order valence-corrected chi connectivity index (χ4v) is 4.31. The first-order valence-corrected chi connectivity index (χ1v) is 7.74. The van der Waals surface area contributed by atoms with Gasteiger partial charge in [0.1, 0.15) is 4.21 Å². The van der Waals surface area contributed by atoms with Crippen LogP contribution in [0.25, 0.3) is 0 Å². The SMILES string of the molecule is CC(N)C1CN(S(=O)(=O)c2cccs2)CCO1. The van der Waals surface area contributed by atoms with Crippen LogP contribution in [-0.4, -0.2) is 44.6 Å². The highest BCUT2D eigenvalue weighted by Crippen LogP contribution is 2.23. The highest BCUT2D eigenvalue weighted by Gasteiger charge is 2.32. The number of thiophene rings is 1. The highest BCUT2D eigenvalue weighted by molar-refractivity contribution is 7.91. The predicted molar refractivity (Wildman–Crippen MR) is 66.5 cm³/mol. The number of rotatable bonds is 3. The molecule has 2 N–H and O–H groups in total. The lowest BCUT2D eigenvalue weighted by molar-refractivity contribution is -0.0119. The van der Waals surface area contributed by atoms with Gasteiger partial charge in [0.15, 0.2) is 0 Å². The van der Waals surface area contributed by atoms with Gasteiger partial charge in [-0.05, 0) is 18.4 Å². The molecule has 2 unspecified atom stereocenters. The van der Waals surface area contributed by atoms with Crippen molar-refractivity contribution in [2.45, 2.75) is 23.3 Å². The Labute approximate surface area is 105 Å². The van der Waals surface area contributed by atoms with Crippen LogP contribution in [0.1, 0.15) is 6.92 Å². The van der Waals surface area contributed by atoms with Crippen LogP contribution in [0.5, 0.6) is 0 Å². The fraction of sp³-hybridized carbons (Fsp3) is 0.600. The Balaban J connectivity index is 2.17. The molecule has 0 radical (unpaired) electrons. The van der Waals surface area contributed by atoms with Crippen molar-refractivity contribution >= 4 is 21.4 Å². The van der Waals surface area contributed by atoms with E-state index in [4.69, 9.17) is 10.5 Å². The normalized spacial score (nSPS) is 24.7. The molecule has 5 nitrogen and oxygen atoms in total. The van der Waals surface area contributed by atoms with E-state index >= 15 is 0 Å². The van der Waals surface area contributed by atoms with E-state index in [1.807, 2.05) is 6.92 Å². The Morgan fingerprint density at radius 1 is 1.65 bits per heavy atom. The molecular weight excluding hydrogens is 260 g/mol. The smallest absolute Gasteiger partial charge is 0.252 e. The van der Waals surface area contributed by atoms with Gasteiger partial charge >= 0.3 is 0 Å². The van der Waals surface area contributed by atoms with Crippen molar-refractivity contribution in [1.29, 1.82) is 0 Å². The van der Waals surface area contributed by atoms with Gasteiger partial charge in [-0.1, -0.05) is 6.07 Å². The van der Waals surface area contributed by atoms with Crippen LogP contribution >= 0.6 is 11.3 Å². The average Bonchev–Trinajstić information content (AvgIpc) is 2.83. The number of nitrogens with zero attached hydrogens (tertiary/aromatic N) is 1. The zero-order chi connectivity index (χ0) is 12.5. The minimum absolute atomic E-state index is 0.170. The molecule has 96 valence electrons. The number of hydrogen-bond donors (Lipinski definition) is 1. The Morgan fingerprint density at radius 3 is 3.00 bits per heavy atom. The van der Waals surface area contributed by atoms with Crippen molar-refractivity contribution in [3.8, 4) is 0 Å². The number of hydrogen-bond acceptors (Lipinski definition) is 5. The van der Waals surface area contributed by atoms with E-state index in [1.54, 1.807) is 17.5 Å². The Kier molecular flexibility index (Phi) is 3.84. The third-order valence-electron chi connectivity index (χ3n) is 2.73. The molecule has 2 heterocycles. The van der Waals surface area contributed by atoms with Gasteiger partial charge < -0.3 is 10.5 Å². The van der Waals surface area contributed by atoms with Crippen molar-refractivity contribution in [1.82, 2.24) is 4.31 Å². The second-order valence-electron chi connectivity index (χ2n) is 4.06. The van der Waals surface area contributed by atoms with Crippen molar-refractivity contribution in [3.63, 3.8) is 0 Å². The van der Waals surface area contributed by atoms with Crippen molar-refractivity contribution in [3.05, 3.63) is 17.5 Å². The molecule has 2 rings (SSSR count). The molecule has 2 atom stereocenters. The molecular formula is C10H16N2O3S2. The molecule has 1 saturated heterocycles. The van der Waals surface area contributed by atoms with Crippen LogP contribution in [0, 0.1) is 0 Å². The molecule has 17 heavy (non-hydrogen) atoms. The average molecular weight is 276 g/mol. The van der Waals surface area contributed by atoms with E-state index in [1.165, 1.54) is 15.6 Å². The third-order valence-corrected chi connectivity index (χ3v) is 5.97. The predicted octanol–water partition coefficient (Wildman–Crippen LogP) is 0.485. The van der Waals surface area contributed by atoms with Crippen molar-refractivity contribution in [2.24, 2.45) is 5.73 Å². The van der Waals surface area contributed by atoms with Gasteiger partial charge in [-0.15, -0.1) is 11.3 Å². The summed E-state index contributed by atoms with van der Waals surface area (Å²) in [5, 5.41) is 1.76. The van der Waals surface area contributed by atoms with Crippen LogP contribution < -0.4 is 5.73 Å². The van der Waals surface area contributed by atoms with Gasteiger partial charge in [0.25, 0.3) is 10.0 Å². The van der Waals surface area contributed by atoms with E-state index in [0.29, 0.717) is 23.9 Å². The summed E-state index contributed by atoms with van der Waals surface area (Å²) < 4.78 is 31.8. The largest absolute Gasteiger partial charge is 0.374 e. The van der Waals surface area contributed by atoms with E-state index in [0.717, 1.165) is 0 Å². The summed E-state index contributed by atoms with van der Waals surface area (Å²) in [6.07, 6.45) is -0.224. The first-order chi connectivity index (χ1) is 8.01. The first-order valence-electron chi connectivity index (χ1n) is 5.42. The maximum Gasteiger partial charge on any atom is 0.252 e. The second-order valence-corrected chi connectivity index (χ2v) is 7.18. The molecule has 0 amide bonds. The van der Waals surface area contributed by atoms with Gasteiger partial charge in [0.2, 0.25) is 0 Å². The van der Waals surface area contributed by atoms with Gasteiger partial charge in [0, 0.05) is 19.1 Å². The fourth-order valence-electron chi connectivity index (χ4n) is 1.72. The second kappa shape index (κ2) is 5.03. The molecule has 7 heteroatoms. The summed E-state index contributed by atoms with van der Waals surface area (Å²) in [7, 11) is -3.37. The summed E-state index contributed by atoms with van der Waals surface area (Å²) >= 11 is 1.23. The maximum atomic E-state index is 12.3. The maximum absolute atomic E-state index is 12.3. The molecule has 1 fully saturated rings. The van der Waals surface area contributed by atoms with Crippen molar-refractivity contribution in [2.75, 3.05) is 19.7 Å². The summed E-state index contributed by atoms with van der Waals surface area (Å²) in [5.74, 6) is 0. The van der Waals surface area contributed by atoms with Crippen molar-refractivity contribution < 1.29 is 13.2 Å². The van der Waals surface area contributed by atoms with E-state index in [2.05, 4.69) is 0 Å². The van der Waals surface area contributed by atoms with Crippen LogP contribution in [0.2, 0.25) is 0 Å². The van der Waals surface area contributed by atoms with Crippen LogP contribution in [-0.2, 0) is 14.8 Å². The Bertz CT molecular complexity index is 456. The Morgan fingerprint density at radius 2 is 2.41 bits per heavy atom. The number of sulfonamides is 1. The molecule has 1 aromatic rings. The van der Waals surface area contributed by atoms with Crippen LogP contribution in [0.4, 0.5) is 0 Å². The summed E-state index contributed by atoms with van der Waals surface area (Å²) in [6, 6.07) is 3.19. The standard InChI is InChI=1S/C10H16N2O3S2/c1-8(11)9-7-12(4-5-15-9)17(13,14)10-3-2-6-16-10/h2-3,6,8-9H,4-5,7,11H2,1H3. The zero-order valence-electron chi connectivity index (χ0n) is 9.57. The third kappa shape index (κ3) is 2.69. The van der Waals surface area contributed by atoms with E-state index < -0.39 is 10.0 Å². The summed E-state index contributed by atoms with van der Waals surface area (Å²) in [5.41, 5.74) is 5.75. The monoisotopic (exact) mass is 276 g/mol. The van der Waals surface area contributed by atoms with E-state index in [-0.39, 0.29) is 12.1 Å². The zero-order valence-corrected chi connectivity index (χ0v) is 11.2. The molecule has 1 aliphatic heterocycles. The molecule has 0 aliphatic carbocycles. The van der Waals surface area contributed by atoms with Gasteiger partial charge in [-0.3, -0.25) is 0 Å². The number of nitrogens with two attached hydrogens (primary N) is 1. The Hall–Kier alpha value is -0.470. The minimum atomic E-state index is -3.37. The minimum Gasteiger partial charge on any atom is -0.374 e. The van der Waals surface area contributed by atoms with Crippen LogP contribution in [0.3, 0.4) is 0 Å². The molecule has 0 aromatic carbocycles. The molecule has 1 aromatic heterocycles. The topological polar surface area (TPSA) is 72.6 Å². The highest BCUT2D eigenvalue weighted by atomic mass is 32.2.